The summed E-state index contributed by atoms with van der Waals surface area (Å²) in [6.07, 6.45) is 4.15. The molecule has 1 saturated carbocycles. The van der Waals surface area contributed by atoms with Gasteiger partial charge in [-0.15, -0.1) is 0 Å². The molecule has 2 rings (SSSR count). The van der Waals surface area contributed by atoms with Crippen LogP contribution in [0.1, 0.15) is 29.6 Å². The van der Waals surface area contributed by atoms with Crippen LogP contribution in [0.25, 0.3) is 0 Å². The molecule has 1 aromatic heterocycles. The number of methoxy groups -OCH3 is 1. The molecule has 0 aliphatic heterocycles. The topological polar surface area (TPSA) is 51.2 Å². The Kier molecular flexibility index (Phi) is 3.68. The Labute approximate surface area is 99.2 Å². The van der Waals surface area contributed by atoms with Crippen LogP contribution < -0.4 is 5.32 Å². The van der Waals surface area contributed by atoms with Gasteiger partial charge in [0.05, 0.1) is 17.7 Å². The van der Waals surface area contributed by atoms with E-state index in [1.807, 2.05) is 0 Å². The lowest BCUT2D eigenvalue weighted by molar-refractivity contribution is 0.0719. The third-order valence-corrected chi connectivity index (χ3v) is 3.08. The van der Waals surface area contributed by atoms with Gasteiger partial charge in [-0.3, -0.25) is 4.79 Å². The highest BCUT2D eigenvalue weighted by molar-refractivity contribution is 5.94. The van der Waals surface area contributed by atoms with E-state index in [-0.39, 0.29) is 17.7 Å². The summed E-state index contributed by atoms with van der Waals surface area (Å²) in [6, 6.07) is 2.93. The molecule has 17 heavy (non-hydrogen) atoms. The van der Waals surface area contributed by atoms with Gasteiger partial charge in [-0.2, -0.15) is 4.39 Å². The maximum atomic E-state index is 13.3. The lowest BCUT2D eigenvalue weighted by Gasteiger charge is -2.19. The molecular weight excluding hydrogens is 223 g/mol. The number of halogens is 1. The first-order valence-electron chi connectivity index (χ1n) is 5.66. The first-order valence-corrected chi connectivity index (χ1v) is 5.66. The predicted molar refractivity (Wildman–Crippen MR) is 60.1 cm³/mol. The van der Waals surface area contributed by atoms with E-state index in [1.165, 1.54) is 12.3 Å². The maximum absolute atomic E-state index is 13.3. The van der Waals surface area contributed by atoms with Crippen LogP contribution in [0.5, 0.6) is 0 Å². The summed E-state index contributed by atoms with van der Waals surface area (Å²) in [4.78, 5) is 15.3. The molecule has 1 fully saturated rings. The van der Waals surface area contributed by atoms with Gasteiger partial charge in [0, 0.05) is 13.3 Å². The summed E-state index contributed by atoms with van der Waals surface area (Å²) in [5, 5.41) is 2.79. The Morgan fingerprint density at radius 2 is 2.41 bits per heavy atom. The Balaban J connectivity index is 2.04. The first-order chi connectivity index (χ1) is 8.22. The number of amides is 1. The fraction of sp³-hybridized carbons (Fsp3) is 0.500. The average molecular weight is 238 g/mol. The molecule has 4 nitrogen and oxygen atoms in total. The van der Waals surface area contributed by atoms with Crippen molar-refractivity contribution in [3.8, 4) is 0 Å². The van der Waals surface area contributed by atoms with E-state index in [4.69, 9.17) is 4.74 Å². The molecule has 1 aliphatic carbocycles. The zero-order valence-corrected chi connectivity index (χ0v) is 9.65. The summed E-state index contributed by atoms with van der Waals surface area (Å²) < 4.78 is 18.6. The first kappa shape index (κ1) is 12.0. The minimum absolute atomic E-state index is 0.0192. The van der Waals surface area contributed by atoms with Crippen molar-refractivity contribution in [2.75, 3.05) is 7.11 Å². The van der Waals surface area contributed by atoms with Crippen molar-refractivity contribution >= 4 is 5.91 Å². The van der Waals surface area contributed by atoms with Crippen molar-refractivity contribution in [3.63, 3.8) is 0 Å². The lowest BCUT2D eigenvalue weighted by Crippen LogP contribution is -2.41. The molecule has 5 heteroatoms. The zero-order chi connectivity index (χ0) is 12.3. The highest BCUT2D eigenvalue weighted by atomic mass is 19.1. The van der Waals surface area contributed by atoms with Crippen LogP contribution >= 0.6 is 0 Å². The second-order valence-corrected chi connectivity index (χ2v) is 4.13. The summed E-state index contributed by atoms with van der Waals surface area (Å²) in [6.45, 7) is 0. The highest BCUT2D eigenvalue weighted by Gasteiger charge is 2.29. The number of hydrogen-bond donors (Lipinski definition) is 1. The van der Waals surface area contributed by atoms with Crippen LogP contribution in [0.2, 0.25) is 0 Å². The summed E-state index contributed by atoms with van der Waals surface area (Å²) in [5.74, 6) is -1.17. The van der Waals surface area contributed by atoms with Crippen molar-refractivity contribution < 1.29 is 13.9 Å². The Bertz CT molecular complexity index is 411. The van der Waals surface area contributed by atoms with E-state index in [0.717, 1.165) is 19.3 Å². The van der Waals surface area contributed by atoms with Gasteiger partial charge in [0.15, 0.2) is 0 Å². The van der Waals surface area contributed by atoms with Crippen molar-refractivity contribution in [3.05, 3.63) is 29.8 Å². The monoisotopic (exact) mass is 238 g/mol. The summed E-state index contributed by atoms with van der Waals surface area (Å²) in [5.41, 5.74) is -0.0192. The van der Waals surface area contributed by atoms with Gasteiger partial charge in [0.25, 0.3) is 5.91 Å². The largest absolute Gasteiger partial charge is 0.379 e. The van der Waals surface area contributed by atoms with Gasteiger partial charge in [0.2, 0.25) is 5.95 Å². The molecule has 0 bridgehead atoms. The quantitative estimate of drug-likeness (QED) is 0.812. The standard InChI is InChI=1S/C12H15FN2O2/c1-17-10-6-2-5-9(10)15-12(16)8-4-3-7-14-11(8)13/h3-4,7,9-10H,2,5-6H2,1H3,(H,15,16). The zero-order valence-electron chi connectivity index (χ0n) is 9.65. The molecule has 0 radical (unpaired) electrons. The number of carbonyl (C=O) groups excluding carboxylic acids is 1. The lowest BCUT2D eigenvalue weighted by atomic mass is 10.2. The van der Waals surface area contributed by atoms with Crippen LogP contribution in [-0.4, -0.2) is 30.1 Å². The average Bonchev–Trinajstić information content (AvgIpc) is 2.76. The summed E-state index contributed by atoms with van der Waals surface area (Å²) in [7, 11) is 1.62. The molecule has 1 aliphatic rings. The molecule has 0 spiro atoms. The van der Waals surface area contributed by atoms with Crippen LogP contribution in [0.4, 0.5) is 4.39 Å². The number of nitrogens with one attached hydrogen (secondary N) is 1. The minimum Gasteiger partial charge on any atom is -0.379 e. The maximum Gasteiger partial charge on any atom is 0.256 e. The van der Waals surface area contributed by atoms with E-state index < -0.39 is 11.9 Å². The molecule has 1 aromatic rings. The number of pyridine rings is 1. The van der Waals surface area contributed by atoms with Gasteiger partial charge >= 0.3 is 0 Å². The fourth-order valence-corrected chi connectivity index (χ4v) is 2.17. The van der Waals surface area contributed by atoms with E-state index in [9.17, 15) is 9.18 Å². The van der Waals surface area contributed by atoms with Gasteiger partial charge in [-0.1, -0.05) is 0 Å². The number of rotatable bonds is 3. The van der Waals surface area contributed by atoms with Gasteiger partial charge in [0.1, 0.15) is 0 Å². The van der Waals surface area contributed by atoms with Crippen molar-refractivity contribution in [2.24, 2.45) is 0 Å². The second-order valence-electron chi connectivity index (χ2n) is 4.13. The molecule has 0 aromatic carbocycles. The van der Waals surface area contributed by atoms with Crippen LogP contribution in [0.3, 0.4) is 0 Å². The van der Waals surface area contributed by atoms with E-state index in [0.29, 0.717) is 0 Å². The van der Waals surface area contributed by atoms with Crippen LogP contribution in [-0.2, 0) is 4.74 Å². The number of hydrogen-bond acceptors (Lipinski definition) is 3. The van der Waals surface area contributed by atoms with Crippen LogP contribution in [0.15, 0.2) is 18.3 Å². The van der Waals surface area contributed by atoms with Gasteiger partial charge in [-0.25, -0.2) is 4.98 Å². The smallest absolute Gasteiger partial charge is 0.256 e. The SMILES string of the molecule is COC1CCCC1NC(=O)c1cccnc1F. The molecule has 1 heterocycles. The number of nitrogens with zero attached hydrogens (tertiary/aromatic N) is 1. The third kappa shape index (κ3) is 2.61. The van der Waals surface area contributed by atoms with E-state index >= 15 is 0 Å². The molecule has 2 unspecified atom stereocenters. The normalized spacial score (nSPS) is 23.6. The van der Waals surface area contributed by atoms with Crippen molar-refractivity contribution in [1.82, 2.24) is 10.3 Å². The molecule has 1 N–H and O–H groups in total. The highest BCUT2D eigenvalue weighted by Crippen LogP contribution is 2.21. The minimum atomic E-state index is -0.739. The molecule has 0 saturated heterocycles. The van der Waals surface area contributed by atoms with E-state index in [1.54, 1.807) is 13.2 Å². The molecular formula is C12H15FN2O2. The second kappa shape index (κ2) is 5.23. The predicted octanol–water partition coefficient (Wildman–Crippen LogP) is 1.52. The van der Waals surface area contributed by atoms with Crippen molar-refractivity contribution in [1.29, 1.82) is 0 Å². The fourth-order valence-electron chi connectivity index (χ4n) is 2.17. The van der Waals surface area contributed by atoms with Crippen molar-refractivity contribution in [2.45, 2.75) is 31.4 Å². The van der Waals surface area contributed by atoms with Gasteiger partial charge < -0.3 is 10.1 Å². The number of carbonyl (C=O) groups is 1. The molecule has 1 amide bonds. The molecule has 92 valence electrons. The summed E-state index contributed by atoms with van der Waals surface area (Å²) >= 11 is 0. The molecule has 2 atom stereocenters. The number of ether oxygens (including phenoxy) is 1. The Hall–Kier alpha value is -1.49. The Morgan fingerprint density at radius 3 is 3.12 bits per heavy atom. The third-order valence-electron chi connectivity index (χ3n) is 3.08. The number of aromatic nitrogens is 1. The Morgan fingerprint density at radius 1 is 1.59 bits per heavy atom. The van der Waals surface area contributed by atoms with Crippen LogP contribution in [0, 0.1) is 5.95 Å². The van der Waals surface area contributed by atoms with E-state index in [2.05, 4.69) is 10.3 Å². The van der Waals surface area contributed by atoms with Gasteiger partial charge in [-0.05, 0) is 31.4 Å².